The summed E-state index contributed by atoms with van der Waals surface area (Å²) in [4.78, 5) is 29.3. The van der Waals surface area contributed by atoms with E-state index in [-0.39, 0.29) is 0 Å². The highest BCUT2D eigenvalue weighted by molar-refractivity contribution is 6.04. The minimum Gasteiger partial charge on any atom is -0.486 e. The van der Waals surface area contributed by atoms with Crippen LogP contribution in [0.15, 0.2) is 42.5 Å². The second kappa shape index (κ2) is 7.79. The van der Waals surface area contributed by atoms with Gasteiger partial charge in [-0.3, -0.25) is 9.78 Å². The summed E-state index contributed by atoms with van der Waals surface area (Å²) < 4.78 is 16.2. The highest BCUT2D eigenvalue weighted by atomic mass is 16.6. The molecule has 0 saturated heterocycles. The molecule has 1 aliphatic heterocycles. The van der Waals surface area contributed by atoms with Gasteiger partial charge in [0, 0.05) is 22.8 Å². The number of nitrogens with zero attached hydrogens (tertiary/aromatic N) is 1. The fourth-order valence-electron chi connectivity index (χ4n) is 3.17. The first kappa shape index (κ1) is 18.7. The molecule has 0 bridgehead atoms. The van der Waals surface area contributed by atoms with E-state index in [1.165, 1.54) is 0 Å². The van der Waals surface area contributed by atoms with Crippen molar-refractivity contribution in [1.29, 1.82) is 0 Å². The number of carbonyl (C=O) groups excluding carboxylic acids is 2. The molecule has 1 N–H and O–H groups in total. The van der Waals surface area contributed by atoms with E-state index in [0.717, 1.165) is 5.56 Å². The van der Waals surface area contributed by atoms with Gasteiger partial charge >= 0.3 is 5.97 Å². The molecule has 1 aliphatic rings. The summed E-state index contributed by atoms with van der Waals surface area (Å²) in [6.07, 6.45) is 0. The molecule has 3 aromatic rings. The SMILES string of the molecule is Cc1ccc2nc(C)cc(C(=O)OCC(=O)Nc3ccc4c(c3)OCCO4)c2c1. The van der Waals surface area contributed by atoms with Crippen molar-refractivity contribution in [1.82, 2.24) is 4.98 Å². The number of carbonyl (C=O) groups is 2. The van der Waals surface area contributed by atoms with Crippen molar-refractivity contribution in [2.75, 3.05) is 25.1 Å². The van der Waals surface area contributed by atoms with E-state index in [4.69, 9.17) is 14.2 Å². The Bertz CT molecular complexity index is 1110. The summed E-state index contributed by atoms with van der Waals surface area (Å²) in [7, 11) is 0. The van der Waals surface area contributed by atoms with Gasteiger partial charge in [0.2, 0.25) is 0 Å². The first-order valence-electron chi connectivity index (χ1n) is 9.24. The molecule has 0 saturated carbocycles. The molecule has 1 amide bonds. The maximum atomic E-state index is 12.6. The van der Waals surface area contributed by atoms with Gasteiger partial charge in [-0.05, 0) is 44.2 Å². The van der Waals surface area contributed by atoms with Crippen LogP contribution in [0.25, 0.3) is 10.9 Å². The van der Waals surface area contributed by atoms with E-state index in [0.29, 0.717) is 52.6 Å². The summed E-state index contributed by atoms with van der Waals surface area (Å²) in [5.74, 6) is 0.195. The number of hydrogen-bond donors (Lipinski definition) is 1. The van der Waals surface area contributed by atoms with Crippen LogP contribution in [0, 0.1) is 13.8 Å². The molecule has 2 heterocycles. The Kier molecular flexibility index (Phi) is 5.03. The lowest BCUT2D eigenvalue weighted by Gasteiger charge is -2.19. The molecule has 0 spiro atoms. The molecule has 4 rings (SSSR count). The van der Waals surface area contributed by atoms with E-state index >= 15 is 0 Å². The van der Waals surface area contributed by atoms with Crippen LogP contribution in [0.5, 0.6) is 11.5 Å². The zero-order chi connectivity index (χ0) is 20.4. The normalized spacial score (nSPS) is 12.5. The Balaban J connectivity index is 1.44. The number of fused-ring (bicyclic) bond motifs is 2. The Hall–Kier alpha value is -3.61. The van der Waals surface area contributed by atoms with Gasteiger partial charge in [-0.25, -0.2) is 4.79 Å². The average Bonchev–Trinajstić information content (AvgIpc) is 2.71. The van der Waals surface area contributed by atoms with Gasteiger partial charge in [0.15, 0.2) is 18.1 Å². The standard InChI is InChI=1S/C22H20N2O5/c1-13-3-5-18-16(9-13)17(10-14(2)23-18)22(26)29-12-21(25)24-15-4-6-19-20(11-15)28-8-7-27-19/h3-6,9-11H,7-8,12H2,1-2H3,(H,24,25). The topological polar surface area (TPSA) is 86.8 Å². The lowest BCUT2D eigenvalue weighted by Crippen LogP contribution is -2.21. The van der Waals surface area contributed by atoms with Crippen molar-refractivity contribution < 1.29 is 23.8 Å². The summed E-state index contributed by atoms with van der Waals surface area (Å²) in [5.41, 5.74) is 3.35. The van der Waals surface area contributed by atoms with Gasteiger partial charge in [-0.2, -0.15) is 0 Å². The number of nitrogens with one attached hydrogen (secondary N) is 1. The number of benzene rings is 2. The third-order valence-electron chi connectivity index (χ3n) is 4.47. The van der Waals surface area contributed by atoms with Crippen molar-refractivity contribution >= 4 is 28.5 Å². The minimum atomic E-state index is -0.566. The summed E-state index contributed by atoms with van der Waals surface area (Å²) >= 11 is 0. The molecule has 7 nitrogen and oxygen atoms in total. The third-order valence-corrected chi connectivity index (χ3v) is 4.47. The highest BCUT2D eigenvalue weighted by Gasteiger charge is 2.16. The molecule has 148 valence electrons. The largest absolute Gasteiger partial charge is 0.486 e. The van der Waals surface area contributed by atoms with Gasteiger partial charge in [0.05, 0.1) is 11.1 Å². The van der Waals surface area contributed by atoms with Crippen LogP contribution >= 0.6 is 0 Å². The van der Waals surface area contributed by atoms with Crippen LogP contribution in [0.4, 0.5) is 5.69 Å². The number of hydrogen-bond acceptors (Lipinski definition) is 6. The summed E-state index contributed by atoms with van der Waals surface area (Å²) in [5, 5.41) is 3.39. The Morgan fingerprint density at radius 3 is 2.66 bits per heavy atom. The van der Waals surface area contributed by atoms with Gasteiger partial charge in [-0.1, -0.05) is 11.6 Å². The van der Waals surface area contributed by atoms with Crippen LogP contribution in [0.3, 0.4) is 0 Å². The molecule has 0 radical (unpaired) electrons. The van der Waals surface area contributed by atoms with Crippen molar-refractivity contribution in [3.8, 4) is 11.5 Å². The number of anilines is 1. The number of aryl methyl sites for hydroxylation is 2. The van der Waals surface area contributed by atoms with Crippen molar-refractivity contribution in [3.05, 3.63) is 59.3 Å². The molecule has 0 fully saturated rings. The van der Waals surface area contributed by atoms with Gasteiger partial charge < -0.3 is 19.5 Å². The van der Waals surface area contributed by atoms with Crippen LogP contribution in [-0.2, 0) is 9.53 Å². The van der Waals surface area contributed by atoms with E-state index in [2.05, 4.69) is 10.3 Å². The molecule has 0 unspecified atom stereocenters. The maximum Gasteiger partial charge on any atom is 0.339 e. The van der Waals surface area contributed by atoms with Crippen molar-refractivity contribution in [3.63, 3.8) is 0 Å². The second-order valence-corrected chi connectivity index (χ2v) is 6.81. The minimum absolute atomic E-state index is 0.392. The third kappa shape index (κ3) is 4.13. The fourth-order valence-corrected chi connectivity index (χ4v) is 3.17. The maximum absolute atomic E-state index is 12.6. The molecule has 29 heavy (non-hydrogen) atoms. The van der Waals surface area contributed by atoms with Gasteiger partial charge in [-0.15, -0.1) is 0 Å². The second-order valence-electron chi connectivity index (χ2n) is 6.81. The van der Waals surface area contributed by atoms with Gasteiger partial charge in [0.25, 0.3) is 5.91 Å². The van der Waals surface area contributed by atoms with Crippen LogP contribution in [0.1, 0.15) is 21.6 Å². The fraction of sp³-hybridized carbons (Fsp3) is 0.227. The van der Waals surface area contributed by atoms with Crippen LogP contribution < -0.4 is 14.8 Å². The Morgan fingerprint density at radius 2 is 1.83 bits per heavy atom. The first-order chi connectivity index (χ1) is 14.0. The summed E-state index contributed by atoms with van der Waals surface area (Å²) in [6.45, 7) is 4.31. The number of amides is 1. The lowest BCUT2D eigenvalue weighted by atomic mass is 10.1. The van der Waals surface area contributed by atoms with E-state index in [9.17, 15) is 9.59 Å². The first-order valence-corrected chi connectivity index (χ1v) is 9.24. The predicted octanol–water partition coefficient (Wildman–Crippen LogP) is 3.42. The Morgan fingerprint density at radius 1 is 1.03 bits per heavy atom. The van der Waals surface area contributed by atoms with E-state index in [1.54, 1.807) is 24.3 Å². The summed E-state index contributed by atoms with van der Waals surface area (Å²) in [6, 6.07) is 12.5. The van der Waals surface area contributed by atoms with Crippen molar-refractivity contribution in [2.24, 2.45) is 0 Å². The lowest BCUT2D eigenvalue weighted by molar-refractivity contribution is -0.119. The molecule has 2 aromatic carbocycles. The number of ether oxygens (including phenoxy) is 3. The highest BCUT2D eigenvalue weighted by Crippen LogP contribution is 2.32. The molecular formula is C22H20N2O5. The molecule has 7 heteroatoms. The Labute approximate surface area is 167 Å². The number of rotatable bonds is 4. The van der Waals surface area contributed by atoms with Gasteiger partial charge in [0.1, 0.15) is 13.2 Å². The van der Waals surface area contributed by atoms with Crippen LogP contribution in [-0.4, -0.2) is 36.7 Å². The zero-order valence-electron chi connectivity index (χ0n) is 16.2. The molecule has 1 aromatic heterocycles. The number of esters is 1. The number of aromatic nitrogens is 1. The predicted molar refractivity (Wildman–Crippen MR) is 108 cm³/mol. The quantitative estimate of drug-likeness (QED) is 0.685. The average molecular weight is 392 g/mol. The van der Waals surface area contributed by atoms with Crippen LogP contribution in [0.2, 0.25) is 0 Å². The zero-order valence-corrected chi connectivity index (χ0v) is 16.2. The number of pyridine rings is 1. The van der Waals surface area contributed by atoms with E-state index in [1.807, 2.05) is 32.0 Å². The smallest absolute Gasteiger partial charge is 0.339 e. The molecular weight excluding hydrogens is 372 g/mol. The van der Waals surface area contributed by atoms with E-state index < -0.39 is 18.5 Å². The monoisotopic (exact) mass is 392 g/mol. The molecule has 0 aliphatic carbocycles. The van der Waals surface area contributed by atoms with Crippen molar-refractivity contribution in [2.45, 2.75) is 13.8 Å². The molecule has 0 atom stereocenters.